The van der Waals surface area contributed by atoms with Gasteiger partial charge in [-0.2, -0.15) is 0 Å². The van der Waals surface area contributed by atoms with Crippen LogP contribution in [-0.2, 0) is 17.8 Å². The molecule has 2 aromatic heterocycles. The number of benzene rings is 2. The van der Waals surface area contributed by atoms with Gasteiger partial charge in [0.1, 0.15) is 0 Å². The van der Waals surface area contributed by atoms with Gasteiger partial charge in [-0.25, -0.2) is 4.98 Å². The van der Waals surface area contributed by atoms with Crippen LogP contribution in [0.15, 0.2) is 60.0 Å². The summed E-state index contributed by atoms with van der Waals surface area (Å²) in [5.41, 5.74) is 4.17. The smallest absolute Gasteiger partial charge is 0.298 e. The average molecular weight is 417 g/mol. The summed E-state index contributed by atoms with van der Waals surface area (Å²) < 4.78 is 2.16. The van der Waals surface area contributed by atoms with Gasteiger partial charge in [0, 0.05) is 53.6 Å². The molecule has 0 unspecified atom stereocenters. The van der Waals surface area contributed by atoms with Crippen LogP contribution in [0.4, 0.5) is 5.13 Å². The molecule has 2 aromatic carbocycles. The molecule has 7 heteroatoms. The molecule has 0 bridgehead atoms. The number of thiazole rings is 1. The second-order valence-electron chi connectivity index (χ2n) is 7.18. The predicted octanol–water partition coefficient (Wildman–Crippen LogP) is 3.73. The largest absolute Gasteiger partial charge is 0.343 e. The fourth-order valence-electron chi connectivity index (χ4n) is 3.99. The average Bonchev–Trinajstić information content (AvgIpc) is 3.28. The van der Waals surface area contributed by atoms with Gasteiger partial charge in [0.25, 0.3) is 11.7 Å². The molecule has 0 atom stereocenters. The van der Waals surface area contributed by atoms with Gasteiger partial charge in [-0.15, -0.1) is 11.3 Å². The van der Waals surface area contributed by atoms with Crippen LogP contribution in [0.25, 0.3) is 22.2 Å². The summed E-state index contributed by atoms with van der Waals surface area (Å²) in [5, 5.41) is 9.19. The summed E-state index contributed by atoms with van der Waals surface area (Å²) in [5.74, 6) is -1.17. The maximum absolute atomic E-state index is 13.2. The topological polar surface area (TPSA) is 76.0 Å². The zero-order valence-electron chi connectivity index (χ0n) is 16.2. The summed E-state index contributed by atoms with van der Waals surface area (Å²) >= 11 is 1.31. The SMILES string of the molecule is O=C(Nc1nc(-c2ccccc2)cs1)C(=O)c1c2n(c3ccccc13)CCNCC2. The molecule has 1 aliphatic rings. The van der Waals surface area contributed by atoms with Crippen LogP contribution in [0.3, 0.4) is 0 Å². The number of amides is 1. The van der Waals surface area contributed by atoms with Crippen LogP contribution in [0.5, 0.6) is 0 Å². The van der Waals surface area contributed by atoms with Crippen LogP contribution >= 0.6 is 11.3 Å². The molecule has 6 nitrogen and oxygen atoms in total. The highest BCUT2D eigenvalue weighted by atomic mass is 32.1. The molecule has 0 saturated carbocycles. The van der Waals surface area contributed by atoms with E-state index in [4.69, 9.17) is 0 Å². The van der Waals surface area contributed by atoms with Crippen molar-refractivity contribution in [3.8, 4) is 11.3 Å². The molecule has 0 spiro atoms. The Morgan fingerprint density at radius 1 is 1.03 bits per heavy atom. The molecule has 3 heterocycles. The van der Waals surface area contributed by atoms with E-state index in [-0.39, 0.29) is 0 Å². The highest BCUT2D eigenvalue weighted by Gasteiger charge is 2.28. The maximum atomic E-state index is 13.2. The van der Waals surface area contributed by atoms with E-state index in [0.29, 0.717) is 17.1 Å². The van der Waals surface area contributed by atoms with E-state index < -0.39 is 11.7 Å². The van der Waals surface area contributed by atoms with Gasteiger partial charge in [0.2, 0.25) is 0 Å². The molecule has 150 valence electrons. The van der Waals surface area contributed by atoms with E-state index in [0.717, 1.165) is 47.5 Å². The standard InChI is InChI=1S/C23H20N4O2S/c28-21(22(29)26-23-25-17(14-30-23)15-6-2-1-3-7-15)20-16-8-4-5-9-18(16)27-13-12-24-11-10-19(20)27/h1-9,14,24H,10-13H2,(H,25,26,29). The van der Waals surface area contributed by atoms with Crippen molar-refractivity contribution in [3.05, 3.63) is 71.2 Å². The minimum atomic E-state index is -0.652. The third-order valence-electron chi connectivity index (χ3n) is 5.36. The van der Waals surface area contributed by atoms with Gasteiger partial charge >= 0.3 is 0 Å². The van der Waals surface area contributed by atoms with Gasteiger partial charge in [-0.1, -0.05) is 48.5 Å². The summed E-state index contributed by atoms with van der Waals surface area (Å²) in [7, 11) is 0. The number of hydrogen-bond acceptors (Lipinski definition) is 5. The van der Waals surface area contributed by atoms with Gasteiger partial charge in [0.05, 0.1) is 11.3 Å². The van der Waals surface area contributed by atoms with E-state index >= 15 is 0 Å². The quantitative estimate of drug-likeness (QED) is 0.393. The first-order valence-corrected chi connectivity index (χ1v) is 10.8. The molecule has 0 fully saturated rings. The number of aromatic nitrogens is 2. The Hall–Kier alpha value is -3.29. The van der Waals surface area contributed by atoms with Gasteiger partial charge in [-0.05, 0) is 6.07 Å². The molecule has 30 heavy (non-hydrogen) atoms. The molecule has 1 amide bonds. The van der Waals surface area contributed by atoms with Gasteiger partial charge in [0.15, 0.2) is 5.13 Å². The number of ketones is 1. The maximum Gasteiger partial charge on any atom is 0.298 e. The second-order valence-corrected chi connectivity index (χ2v) is 8.04. The first kappa shape index (κ1) is 18.7. The molecule has 1 aliphatic heterocycles. The first-order chi connectivity index (χ1) is 14.7. The van der Waals surface area contributed by atoms with Crippen molar-refractivity contribution in [3.63, 3.8) is 0 Å². The molecule has 0 aliphatic carbocycles. The zero-order valence-corrected chi connectivity index (χ0v) is 17.0. The number of hydrogen-bond donors (Lipinski definition) is 2. The molecule has 0 radical (unpaired) electrons. The lowest BCUT2D eigenvalue weighted by atomic mass is 10.0. The summed E-state index contributed by atoms with van der Waals surface area (Å²) in [6.07, 6.45) is 0.707. The zero-order chi connectivity index (χ0) is 20.5. The Morgan fingerprint density at radius 3 is 2.70 bits per heavy atom. The fourth-order valence-corrected chi connectivity index (χ4v) is 4.70. The number of nitrogens with one attached hydrogen (secondary N) is 2. The van der Waals surface area contributed by atoms with Gasteiger partial charge < -0.3 is 9.88 Å². The normalized spacial score (nSPS) is 13.6. The second kappa shape index (κ2) is 7.85. The van der Waals surface area contributed by atoms with Crippen LogP contribution in [-0.4, -0.2) is 34.3 Å². The molecule has 5 rings (SSSR count). The van der Waals surface area contributed by atoms with Crippen LogP contribution in [0.2, 0.25) is 0 Å². The van der Waals surface area contributed by atoms with Crippen molar-refractivity contribution in [2.45, 2.75) is 13.0 Å². The highest BCUT2D eigenvalue weighted by molar-refractivity contribution is 7.14. The Bertz CT molecular complexity index is 1240. The van der Waals surface area contributed by atoms with Crippen LogP contribution in [0.1, 0.15) is 16.1 Å². The van der Waals surface area contributed by atoms with E-state index in [1.807, 2.05) is 60.0 Å². The minimum Gasteiger partial charge on any atom is -0.343 e. The van der Waals surface area contributed by atoms with Crippen molar-refractivity contribution < 1.29 is 9.59 Å². The lowest BCUT2D eigenvalue weighted by molar-refractivity contribution is -0.112. The molecular weight excluding hydrogens is 396 g/mol. The fraction of sp³-hybridized carbons (Fsp3) is 0.174. The number of para-hydroxylation sites is 1. The molecule has 2 N–H and O–H groups in total. The first-order valence-electron chi connectivity index (χ1n) is 9.90. The van der Waals surface area contributed by atoms with E-state index in [2.05, 4.69) is 20.2 Å². The lowest BCUT2D eigenvalue weighted by Gasteiger charge is -2.07. The number of carbonyl (C=O) groups excluding carboxylic acids is 2. The summed E-state index contributed by atoms with van der Waals surface area (Å²) in [6.45, 7) is 2.40. The Kier molecular flexibility index (Phi) is 4.90. The number of nitrogens with zero attached hydrogens (tertiary/aromatic N) is 2. The Morgan fingerprint density at radius 2 is 1.83 bits per heavy atom. The minimum absolute atomic E-state index is 0.420. The van der Waals surface area contributed by atoms with Crippen LogP contribution < -0.4 is 10.6 Å². The summed E-state index contributed by atoms with van der Waals surface area (Å²) in [6, 6.07) is 17.5. The molecule has 0 saturated heterocycles. The molecular formula is C23H20N4O2S. The number of fused-ring (bicyclic) bond motifs is 3. The van der Waals surface area contributed by atoms with Gasteiger partial charge in [-0.3, -0.25) is 14.9 Å². The number of Topliss-reactive ketones (excluding diaryl/α,β-unsaturated/α-hetero) is 1. The van der Waals surface area contributed by atoms with Crippen molar-refractivity contribution in [1.29, 1.82) is 0 Å². The number of carbonyl (C=O) groups is 2. The summed E-state index contributed by atoms with van der Waals surface area (Å²) in [4.78, 5) is 30.5. The molecule has 4 aromatic rings. The van der Waals surface area contributed by atoms with E-state index in [1.165, 1.54) is 11.3 Å². The van der Waals surface area contributed by atoms with Crippen LogP contribution in [0, 0.1) is 0 Å². The highest BCUT2D eigenvalue weighted by Crippen LogP contribution is 2.29. The third kappa shape index (κ3) is 3.32. The van der Waals surface area contributed by atoms with Crippen molar-refractivity contribution in [2.75, 3.05) is 18.4 Å². The Balaban J connectivity index is 1.45. The lowest BCUT2D eigenvalue weighted by Crippen LogP contribution is -2.24. The Labute approximate surface area is 177 Å². The van der Waals surface area contributed by atoms with E-state index in [1.54, 1.807) is 0 Å². The third-order valence-corrected chi connectivity index (χ3v) is 6.11. The number of anilines is 1. The van der Waals surface area contributed by atoms with Crippen molar-refractivity contribution in [2.24, 2.45) is 0 Å². The predicted molar refractivity (Wildman–Crippen MR) is 119 cm³/mol. The monoisotopic (exact) mass is 416 g/mol. The van der Waals surface area contributed by atoms with Crippen molar-refractivity contribution in [1.82, 2.24) is 14.9 Å². The van der Waals surface area contributed by atoms with E-state index in [9.17, 15) is 9.59 Å². The van der Waals surface area contributed by atoms with Crippen molar-refractivity contribution >= 4 is 39.1 Å². The number of rotatable bonds is 4.